The number of hydrogen-bond acceptors (Lipinski definition) is 2. The number of amides is 2. The molecule has 3 rings (SSSR count). The average molecular weight is 387 g/mol. The number of aryl methyl sites for hydroxylation is 2. The zero-order chi connectivity index (χ0) is 17.3. The van der Waals surface area contributed by atoms with Crippen molar-refractivity contribution < 1.29 is 9.59 Å². The monoisotopic (exact) mass is 386 g/mol. The van der Waals surface area contributed by atoms with Crippen molar-refractivity contribution in [1.82, 2.24) is 0 Å². The molecule has 0 spiro atoms. The molecule has 1 fully saturated rings. The smallest absolute Gasteiger partial charge is 0.240 e. The van der Waals surface area contributed by atoms with E-state index in [1.165, 1.54) is 0 Å². The Hall–Kier alpha value is -2.14. The molecule has 0 atom stereocenters. The predicted molar refractivity (Wildman–Crippen MR) is 99.0 cm³/mol. The summed E-state index contributed by atoms with van der Waals surface area (Å²) in [6.45, 7) is 3.91. The summed E-state index contributed by atoms with van der Waals surface area (Å²) in [5.41, 5.74) is 2.54. The molecule has 0 radical (unpaired) electrons. The van der Waals surface area contributed by atoms with Crippen LogP contribution < -0.4 is 10.6 Å². The van der Waals surface area contributed by atoms with E-state index in [2.05, 4.69) is 26.6 Å². The molecule has 0 aliphatic heterocycles. The quantitative estimate of drug-likeness (QED) is 0.763. The second-order valence-electron chi connectivity index (χ2n) is 6.32. The second-order valence-corrected chi connectivity index (χ2v) is 7.23. The van der Waals surface area contributed by atoms with Gasteiger partial charge in [-0.05, 0) is 62.1 Å². The molecule has 24 heavy (non-hydrogen) atoms. The average Bonchev–Trinajstić information content (AvgIpc) is 3.33. The molecule has 0 heterocycles. The fourth-order valence-electron chi connectivity index (χ4n) is 2.61. The number of halogens is 1. The fraction of sp³-hybridized carbons (Fsp3) is 0.263. The summed E-state index contributed by atoms with van der Waals surface area (Å²) in [6, 6.07) is 13.2. The largest absolute Gasteiger partial charge is 0.325 e. The van der Waals surface area contributed by atoms with E-state index in [9.17, 15) is 9.59 Å². The van der Waals surface area contributed by atoms with Crippen LogP contribution in [0, 0.1) is 19.3 Å². The Balaban J connectivity index is 1.74. The third-order valence-electron chi connectivity index (χ3n) is 4.34. The van der Waals surface area contributed by atoms with Crippen molar-refractivity contribution >= 4 is 39.1 Å². The molecular formula is C19H19BrN2O2. The Morgan fingerprint density at radius 2 is 1.71 bits per heavy atom. The van der Waals surface area contributed by atoms with Crippen LogP contribution in [0.25, 0.3) is 0 Å². The first-order valence-corrected chi connectivity index (χ1v) is 8.66. The minimum atomic E-state index is -0.960. The molecule has 1 saturated carbocycles. The van der Waals surface area contributed by atoms with Gasteiger partial charge in [-0.2, -0.15) is 0 Å². The van der Waals surface area contributed by atoms with Crippen LogP contribution in [0.5, 0.6) is 0 Å². The van der Waals surface area contributed by atoms with Crippen LogP contribution in [-0.2, 0) is 9.59 Å². The van der Waals surface area contributed by atoms with Crippen LogP contribution in [0.15, 0.2) is 46.9 Å². The number of anilines is 2. The second kappa shape index (κ2) is 6.40. The van der Waals surface area contributed by atoms with Gasteiger partial charge in [0.25, 0.3) is 0 Å². The lowest BCUT2D eigenvalue weighted by Gasteiger charge is -2.17. The van der Waals surface area contributed by atoms with Gasteiger partial charge < -0.3 is 10.6 Å². The number of hydrogen-bond donors (Lipinski definition) is 2. The van der Waals surface area contributed by atoms with Gasteiger partial charge in [0.1, 0.15) is 5.41 Å². The standard InChI is InChI=1S/C19H19BrN2O2/c1-12-6-7-13(2)16(10-12)22-18(24)19(8-9-19)17(23)21-15-5-3-4-14(20)11-15/h3-7,10-11H,8-9H2,1-2H3,(H,21,23)(H,22,24). The summed E-state index contributed by atoms with van der Waals surface area (Å²) < 4.78 is 0.880. The first kappa shape index (κ1) is 16.7. The lowest BCUT2D eigenvalue weighted by molar-refractivity contribution is -0.131. The fourth-order valence-corrected chi connectivity index (χ4v) is 3.01. The molecule has 2 amide bonds. The van der Waals surface area contributed by atoms with Crippen LogP contribution in [0.1, 0.15) is 24.0 Å². The van der Waals surface area contributed by atoms with Gasteiger partial charge in [0.2, 0.25) is 11.8 Å². The lowest BCUT2D eigenvalue weighted by Crippen LogP contribution is -2.35. The Labute approximate surface area is 149 Å². The molecule has 0 bridgehead atoms. The zero-order valence-electron chi connectivity index (χ0n) is 13.7. The third-order valence-corrected chi connectivity index (χ3v) is 4.84. The molecule has 4 nitrogen and oxygen atoms in total. The van der Waals surface area contributed by atoms with E-state index in [1.807, 2.05) is 50.2 Å². The number of carbonyl (C=O) groups excluding carboxylic acids is 2. The van der Waals surface area contributed by atoms with E-state index < -0.39 is 5.41 Å². The highest BCUT2D eigenvalue weighted by Crippen LogP contribution is 2.47. The Morgan fingerprint density at radius 3 is 2.38 bits per heavy atom. The van der Waals surface area contributed by atoms with Gasteiger partial charge in [-0.25, -0.2) is 0 Å². The van der Waals surface area contributed by atoms with Crippen molar-refractivity contribution in [3.8, 4) is 0 Å². The number of carbonyl (C=O) groups is 2. The van der Waals surface area contributed by atoms with Gasteiger partial charge >= 0.3 is 0 Å². The summed E-state index contributed by atoms with van der Waals surface area (Å²) in [4.78, 5) is 25.3. The van der Waals surface area contributed by atoms with Gasteiger partial charge in [-0.1, -0.05) is 34.1 Å². The molecule has 5 heteroatoms. The molecule has 2 aromatic carbocycles. The van der Waals surface area contributed by atoms with Crippen molar-refractivity contribution in [3.63, 3.8) is 0 Å². The molecule has 0 unspecified atom stereocenters. The summed E-state index contributed by atoms with van der Waals surface area (Å²) in [5.74, 6) is -0.480. The minimum absolute atomic E-state index is 0.233. The van der Waals surface area contributed by atoms with Crippen molar-refractivity contribution in [2.45, 2.75) is 26.7 Å². The minimum Gasteiger partial charge on any atom is -0.325 e. The Morgan fingerprint density at radius 1 is 1.00 bits per heavy atom. The van der Waals surface area contributed by atoms with Crippen LogP contribution >= 0.6 is 15.9 Å². The zero-order valence-corrected chi connectivity index (χ0v) is 15.2. The topological polar surface area (TPSA) is 58.2 Å². The summed E-state index contributed by atoms with van der Waals surface area (Å²) >= 11 is 3.38. The van der Waals surface area contributed by atoms with E-state index in [-0.39, 0.29) is 11.8 Å². The van der Waals surface area contributed by atoms with Gasteiger partial charge in [-0.15, -0.1) is 0 Å². The Kier molecular flexibility index (Phi) is 4.45. The maximum absolute atomic E-state index is 12.7. The first-order valence-electron chi connectivity index (χ1n) is 7.86. The van der Waals surface area contributed by atoms with Gasteiger partial charge in [-0.3, -0.25) is 9.59 Å². The molecule has 0 saturated heterocycles. The third kappa shape index (κ3) is 3.36. The molecule has 124 valence electrons. The lowest BCUT2D eigenvalue weighted by atomic mass is 10.0. The molecule has 1 aliphatic carbocycles. The van der Waals surface area contributed by atoms with E-state index in [0.717, 1.165) is 21.3 Å². The van der Waals surface area contributed by atoms with E-state index in [1.54, 1.807) is 6.07 Å². The SMILES string of the molecule is Cc1ccc(C)c(NC(=O)C2(C(=O)Nc3cccc(Br)c3)CC2)c1. The number of rotatable bonds is 4. The van der Waals surface area contributed by atoms with Gasteiger partial charge in [0.15, 0.2) is 0 Å². The number of nitrogens with one attached hydrogen (secondary N) is 2. The van der Waals surface area contributed by atoms with Gasteiger partial charge in [0.05, 0.1) is 0 Å². The predicted octanol–water partition coefficient (Wildman–Crippen LogP) is 4.42. The van der Waals surface area contributed by atoms with E-state index in [0.29, 0.717) is 18.5 Å². The van der Waals surface area contributed by atoms with E-state index in [4.69, 9.17) is 0 Å². The maximum atomic E-state index is 12.7. The highest BCUT2D eigenvalue weighted by atomic mass is 79.9. The molecule has 2 aromatic rings. The van der Waals surface area contributed by atoms with Crippen LogP contribution in [0.3, 0.4) is 0 Å². The molecule has 1 aliphatic rings. The van der Waals surface area contributed by atoms with Crippen LogP contribution in [-0.4, -0.2) is 11.8 Å². The molecular weight excluding hydrogens is 368 g/mol. The number of benzene rings is 2. The molecule has 0 aromatic heterocycles. The summed E-state index contributed by atoms with van der Waals surface area (Å²) in [7, 11) is 0. The summed E-state index contributed by atoms with van der Waals surface area (Å²) in [5, 5.41) is 5.77. The van der Waals surface area contributed by atoms with Gasteiger partial charge in [0, 0.05) is 15.8 Å². The normalized spacial score (nSPS) is 14.8. The van der Waals surface area contributed by atoms with Crippen molar-refractivity contribution in [2.24, 2.45) is 5.41 Å². The van der Waals surface area contributed by atoms with Crippen molar-refractivity contribution in [1.29, 1.82) is 0 Å². The first-order chi connectivity index (χ1) is 11.4. The Bertz CT molecular complexity index is 813. The highest BCUT2D eigenvalue weighted by molar-refractivity contribution is 9.10. The highest BCUT2D eigenvalue weighted by Gasteiger charge is 2.56. The maximum Gasteiger partial charge on any atom is 0.240 e. The van der Waals surface area contributed by atoms with Crippen LogP contribution in [0.2, 0.25) is 0 Å². The van der Waals surface area contributed by atoms with E-state index >= 15 is 0 Å². The van der Waals surface area contributed by atoms with Crippen molar-refractivity contribution in [2.75, 3.05) is 10.6 Å². The molecule has 2 N–H and O–H groups in total. The van der Waals surface area contributed by atoms with Crippen LogP contribution in [0.4, 0.5) is 11.4 Å². The van der Waals surface area contributed by atoms with Crippen molar-refractivity contribution in [3.05, 3.63) is 58.1 Å². The summed E-state index contributed by atoms with van der Waals surface area (Å²) in [6.07, 6.45) is 1.15.